The highest BCUT2D eigenvalue weighted by atomic mass is 32.2. The molecule has 26 heavy (non-hydrogen) atoms. The number of aliphatic hydroxyl groups is 1. The summed E-state index contributed by atoms with van der Waals surface area (Å²) >= 11 is 1.14. The second kappa shape index (κ2) is 7.40. The highest BCUT2D eigenvalue weighted by Gasteiger charge is 2.17. The van der Waals surface area contributed by atoms with Gasteiger partial charge in [-0.25, -0.2) is 13.4 Å². The summed E-state index contributed by atoms with van der Waals surface area (Å²) in [4.78, 5) is 16.5. The van der Waals surface area contributed by atoms with E-state index in [1.54, 1.807) is 43.3 Å². The largest absolute Gasteiger partial charge is 0.394 e. The van der Waals surface area contributed by atoms with Crippen LogP contribution in [0.3, 0.4) is 0 Å². The van der Waals surface area contributed by atoms with Crippen LogP contribution >= 0.6 is 11.3 Å². The molecule has 3 N–H and O–H groups in total. The Labute approximate surface area is 154 Å². The number of carbonyl (C=O) groups excluding carboxylic acids is 1. The first-order chi connectivity index (χ1) is 12.4. The first-order valence-corrected chi connectivity index (χ1v) is 10.1. The fourth-order valence-corrected chi connectivity index (χ4v) is 4.40. The van der Waals surface area contributed by atoms with E-state index >= 15 is 0 Å². The highest BCUT2D eigenvalue weighted by Crippen LogP contribution is 2.28. The molecule has 0 unspecified atom stereocenters. The number of rotatable bonds is 6. The molecule has 0 fully saturated rings. The minimum atomic E-state index is -3.72. The van der Waals surface area contributed by atoms with E-state index in [0.717, 1.165) is 11.3 Å². The molecule has 1 atom stereocenters. The van der Waals surface area contributed by atoms with Gasteiger partial charge in [0.05, 0.1) is 21.7 Å². The van der Waals surface area contributed by atoms with E-state index in [2.05, 4.69) is 15.0 Å². The van der Waals surface area contributed by atoms with Crippen LogP contribution in [0, 0.1) is 0 Å². The van der Waals surface area contributed by atoms with Gasteiger partial charge >= 0.3 is 0 Å². The van der Waals surface area contributed by atoms with Gasteiger partial charge in [0.15, 0.2) is 5.13 Å². The van der Waals surface area contributed by atoms with Gasteiger partial charge in [-0.2, -0.15) is 0 Å². The van der Waals surface area contributed by atoms with E-state index in [4.69, 9.17) is 5.11 Å². The van der Waals surface area contributed by atoms with Crippen LogP contribution in [-0.4, -0.2) is 37.1 Å². The van der Waals surface area contributed by atoms with Gasteiger partial charge in [0.2, 0.25) is 0 Å². The molecule has 0 radical (unpaired) electrons. The summed E-state index contributed by atoms with van der Waals surface area (Å²) in [6.45, 7) is 1.54. The number of carbonyl (C=O) groups is 1. The monoisotopic (exact) mass is 391 g/mol. The van der Waals surface area contributed by atoms with E-state index in [-0.39, 0.29) is 28.6 Å². The third-order valence-electron chi connectivity index (χ3n) is 3.58. The van der Waals surface area contributed by atoms with Crippen LogP contribution in [0.1, 0.15) is 17.3 Å². The van der Waals surface area contributed by atoms with Crippen molar-refractivity contribution in [2.45, 2.75) is 17.9 Å². The summed E-state index contributed by atoms with van der Waals surface area (Å²) < 4.78 is 27.9. The first kappa shape index (κ1) is 18.3. The normalized spacial score (nSPS) is 12.7. The maximum absolute atomic E-state index is 12.4. The fraction of sp³-hybridized carbons (Fsp3) is 0.176. The van der Waals surface area contributed by atoms with Crippen molar-refractivity contribution < 1.29 is 18.3 Å². The van der Waals surface area contributed by atoms with E-state index in [1.165, 1.54) is 12.1 Å². The molecule has 1 amide bonds. The van der Waals surface area contributed by atoms with E-state index < -0.39 is 10.0 Å². The molecule has 0 aliphatic heterocycles. The zero-order valence-electron chi connectivity index (χ0n) is 13.8. The second-order valence-corrected chi connectivity index (χ2v) is 8.39. The van der Waals surface area contributed by atoms with E-state index in [0.29, 0.717) is 15.8 Å². The van der Waals surface area contributed by atoms with Crippen LogP contribution in [0.4, 0.5) is 5.13 Å². The van der Waals surface area contributed by atoms with Crippen molar-refractivity contribution in [1.29, 1.82) is 0 Å². The molecule has 136 valence electrons. The molecular formula is C17H17N3O4S2. The van der Waals surface area contributed by atoms with Crippen molar-refractivity contribution in [3.8, 4) is 0 Å². The SMILES string of the molecule is C[C@H](CO)NC(=O)c1ccc2nc(NS(=O)(=O)c3ccccc3)sc2c1. The zero-order chi connectivity index (χ0) is 18.7. The molecule has 2 aromatic carbocycles. The summed E-state index contributed by atoms with van der Waals surface area (Å²) in [6, 6.07) is 12.6. The van der Waals surface area contributed by atoms with Crippen LogP contribution in [0.5, 0.6) is 0 Å². The van der Waals surface area contributed by atoms with Crippen molar-refractivity contribution in [3.05, 3.63) is 54.1 Å². The third-order valence-corrected chi connectivity index (χ3v) is 5.99. The average Bonchev–Trinajstić information content (AvgIpc) is 3.02. The number of amides is 1. The lowest BCUT2D eigenvalue weighted by Gasteiger charge is -2.10. The smallest absolute Gasteiger partial charge is 0.263 e. The molecule has 7 nitrogen and oxygen atoms in total. The average molecular weight is 391 g/mol. The number of sulfonamides is 1. The summed E-state index contributed by atoms with van der Waals surface area (Å²) in [5, 5.41) is 11.9. The minimum Gasteiger partial charge on any atom is -0.394 e. The van der Waals surface area contributed by atoms with Crippen LogP contribution in [-0.2, 0) is 10.0 Å². The molecule has 0 bridgehead atoms. The van der Waals surface area contributed by atoms with Crippen molar-refractivity contribution in [2.24, 2.45) is 0 Å². The summed E-state index contributed by atoms with van der Waals surface area (Å²) in [6.07, 6.45) is 0. The van der Waals surface area contributed by atoms with Gasteiger partial charge in [-0.15, -0.1) is 0 Å². The van der Waals surface area contributed by atoms with Gasteiger partial charge in [-0.05, 0) is 37.3 Å². The van der Waals surface area contributed by atoms with Gasteiger partial charge in [0.1, 0.15) is 0 Å². The van der Waals surface area contributed by atoms with Crippen LogP contribution in [0.15, 0.2) is 53.4 Å². The molecule has 0 aliphatic carbocycles. The summed E-state index contributed by atoms with van der Waals surface area (Å²) in [5.74, 6) is -0.312. The van der Waals surface area contributed by atoms with Crippen LogP contribution < -0.4 is 10.0 Å². The number of anilines is 1. The zero-order valence-corrected chi connectivity index (χ0v) is 15.5. The number of hydrogen-bond acceptors (Lipinski definition) is 6. The number of hydrogen-bond donors (Lipinski definition) is 3. The maximum atomic E-state index is 12.4. The minimum absolute atomic E-state index is 0.150. The quantitative estimate of drug-likeness (QED) is 0.597. The first-order valence-electron chi connectivity index (χ1n) is 7.79. The Morgan fingerprint density at radius 1 is 1.23 bits per heavy atom. The Morgan fingerprint density at radius 3 is 2.65 bits per heavy atom. The van der Waals surface area contributed by atoms with Gasteiger partial charge in [0, 0.05) is 11.6 Å². The molecule has 9 heteroatoms. The van der Waals surface area contributed by atoms with Crippen molar-refractivity contribution in [3.63, 3.8) is 0 Å². The summed E-state index contributed by atoms with van der Waals surface area (Å²) in [5.41, 5.74) is 1.01. The Balaban J connectivity index is 1.85. The Hall–Kier alpha value is -2.49. The molecule has 1 aromatic heterocycles. The number of nitrogens with one attached hydrogen (secondary N) is 2. The molecule has 1 heterocycles. The highest BCUT2D eigenvalue weighted by molar-refractivity contribution is 7.93. The van der Waals surface area contributed by atoms with Gasteiger partial charge in [-0.1, -0.05) is 29.5 Å². The molecule has 0 aliphatic rings. The molecule has 0 saturated carbocycles. The standard InChI is InChI=1S/C17H17N3O4S2/c1-11(10-21)18-16(22)12-7-8-14-15(9-12)25-17(19-14)20-26(23,24)13-5-3-2-4-6-13/h2-9,11,21H,10H2,1H3,(H,18,22)(H,19,20)/t11-/m1/s1. The summed E-state index contributed by atoms with van der Waals surface area (Å²) in [7, 11) is -3.72. The Morgan fingerprint density at radius 2 is 1.96 bits per heavy atom. The third kappa shape index (κ3) is 4.01. The predicted molar refractivity (Wildman–Crippen MR) is 101 cm³/mol. The van der Waals surface area contributed by atoms with Gasteiger partial charge < -0.3 is 10.4 Å². The van der Waals surface area contributed by atoms with Crippen molar-refractivity contribution in [2.75, 3.05) is 11.3 Å². The predicted octanol–water partition coefficient (Wildman–Crippen LogP) is 2.21. The van der Waals surface area contributed by atoms with Crippen molar-refractivity contribution >= 4 is 42.6 Å². The second-order valence-electron chi connectivity index (χ2n) is 5.68. The number of aliphatic hydroxyl groups excluding tert-OH is 1. The topological polar surface area (TPSA) is 108 Å². The number of aromatic nitrogens is 1. The van der Waals surface area contributed by atoms with Crippen molar-refractivity contribution in [1.82, 2.24) is 10.3 Å². The van der Waals surface area contributed by atoms with Crippen LogP contribution in [0.25, 0.3) is 10.2 Å². The van der Waals surface area contributed by atoms with E-state index in [1.807, 2.05) is 0 Å². The van der Waals surface area contributed by atoms with E-state index in [9.17, 15) is 13.2 Å². The molecule has 0 saturated heterocycles. The number of nitrogens with zero attached hydrogens (tertiary/aromatic N) is 1. The lowest BCUT2D eigenvalue weighted by Crippen LogP contribution is -2.34. The Bertz CT molecular complexity index is 1030. The lowest BCUT2D eigenvalue weighted by atomic mass is 10.2. The maximum Gasteiger partial charge on any atom is 0.263 e. The lowest BCUT2D eigenvalue weighted by molar-refractivity contribution is 0.0922. The number of benzene rings is 2. The van der Waals surface area contributed by atoms with Gasteiger partial charge in [-0.3, -0.25) is 9.52 Å². The van der Waals surface area contributed by atoms with Gasteiger partial charge in [0.25, 0.3) is 15.9 Å². The fourth-order valence-electron chi connectivity index (χ4n) is 2.24. The van der Waals surface area contributed by atoms with Crippen LogP contribution in [0.2, 0.25) is 0 Å². The number of fused-ring (bicyclic) bond motifs is 1. The Kier molecular flexibility index (Phi) is 5.21. The molecule has 3 rings (SSSR count). The number of thiazole rings is 1. The molecular weight excluding hydrogens is 374 g/mol. The molecule has 3 aromatic rings. The molecule has 0 spiro atoms.